The van der Waals surface area contributed by atoms with Crippen molar-refractivity contribution in [3.05, 3.63) is 29.8 Å². The minimum atomic E-state index is 0.268. The van der Waals surface area contributed by atoms with Crippen molar-refractivity contribution in [2.24, 2.45) is 5.73 Å². The Morgan fingerprint density at radius 1 is 1.25 bits per heavy atom. The Kier molecular flexibility index (Phi) is 8.26. The normalized spacial score (nSPS) is 14.0. The summed E-state index contributed by atoms with van der Waals surface area (Å²) in [5.41, 5.74) is 6.80. The van der Waals surface area contributed by atoms with Gasteiger partial charge in [-0.1, -0.05) is 25.1 Å². The second kappa shape index (κ2) is 9.75. The van der Waals surface area contributed by atoms with Crippen LogP contribution in [0, 0.1) is 0 Å². The van der Waals surface area contributed by atoms with Gasteiger partial charge < -0.3 is 20.5 Å². The number of nitrogens with one attached hydrogen (secondary N) is 1. The van der Waals surface area contributed by atoms with Gasteiger partial charge in [0.25, 0.3) is 0 Å². The van der Waals surface area contributed by atoms with Gasteiger partial charge in [-0.05, 0) is 31.9 Å². The van der Waals surface area contributed by atoms with Crippen molar-refractivity contribution >= 4 is 0 Å². The molecule has 4 heteroatoms. The summed E-state index contributed by atoms with van der Waals surface area (Å²) in [5, 5.41) is 3.67. The van der Waals surface area contributed by atoms with Crippen molar-refractivity contribution in [2.75, 3.05) is 27.4 Å². The molecule has 0 aromatic heterocycles. The molecule has 1 aromatic rings. The first-order valence-corrected chi connectivity index (χ1v) is 7.34. The lowest BCUT2D eigenvalue weighted by atomic mass is 10.0. The lowest BCUT2D eigenvalue weighted by Gasteiger charge is -2.26. The maximum atomic E-state index is 5.60. The zero-order valence-electron chi connectivity index (χ0n) is 12.9. The number of nitrogens with two attached hydrogens (primary N) is 1. The number of ether oxygens (including phenoxy) is 2. The molecule has 0 radical (unpaired) electrons. The fourth-order valence-corrected chi connectivity index (χ4v) is 2.45. The Morgan fingerprint density at radius 3 is 2.60 bits per heavy atom. The van der Waals surface area contributed by atoms with Crippen LogP contribution in [0.3, 0.4) is 0 Å². The van der Waals surface area contributed by atoms with Crippen molar-refractivity contribution < 1.29 is 9.47 Å². The van der Waals surface area contributed by atoms with Gasteiger partial charge in [0.05, 0.1) is 13.7 Å². The van der Waals surface area contributed by atoms with Crippen LogP contribution >= 0.6 is 0 Å². The Labute approximate surface area is 122 Å². The van der Waals surface area contributed by atoms with E-state index in [1.54, 1.807) is 14.2 Å². The summed E-state index contributed by atoms with van der Waals surface area (Å²) in [5.74, 6) is 0.932. The summed E-state index contributed by atoms with van der Waals surface area (Å²) >= 11 is 0. The van der Waals surface area contributed by atoms with Crippen molar-refractivity contribution in [1.82, 2.24) is 5.32 Å². The molecule has 3 N–H and O–H groups in total. The Bertz CT molecular complexity index is 371. The zero-order valence-corrected chi connectivity index (χ0v) is 12.9. The van der Waals surface area contributed by atoms with Gasteiger partial charge in [-0.25, -0.2) is 0 Å². The standard InChI is InChI=1S/C16H28N2O2/c1-4-15(14-9-5-6-10-16(14)20-3)18-13(12-19-2)8-7-11-17/h5-6,9-10,13,15,18H,4,7-8,11-12,17H2,1-3H3. The Balaban J connectivity index is 2.77. The average molecular weight is 280 g/mol. The molecule has 2 unspecified atom stereocenters. The molecule has 0 bridgehead atoms. The van der Waals surface area contributed by atoms with Crippen LogP contribution in [-0.2, 0) is 4.74 Å². The summed E-state index contributed by atoms with van der Waals surface area (Å²) < 4.78 is 10.8. The number of hydrogen-bond acceptors (Lipinski definition) is 4. The molecule has 0 aliphatic heterocycles. The molecule has 4 nitrogen and oxygen atoms in total. The van der Waals surface area contributed by atoms with Crippen LogP contribution in [0.5, 0.6) is 5.75 Å². The largest absolute Gasteiger partial charge is 0.496 e. The fourth-order valence-electron chi connectivity index (χ4n) is 2.45. The van der Waals surface area contributed by atoms with E-state index in [9.17, 15) is 0 Å². The second-order valence-electron chi connectivity index (χ2n) is 4.95. The molecule has 20 heavy (non-hydrogen) atoms. The van der Waals surface area contributed by atoms with Crippen LogP contribution in [0.1, 0.15) is 37.8 Å². The van der Waals surface area contributed by atoms with Crippen molar-refractivity contribution in [3.63, 3.8) is 0 Å². The van der Waals surface area contributed by atoms with Gasteiger partial charge in [0, 0.05) is 24.8 Å². The molecule has 0 amide bonds. The van der Waals surface area contributed by atoms with Gasteiger partial charge in [0.1, 0.15) is 5.75 Å². The minimum Gasteiger partial charge on any atom is -0.496 e. The summed E-state index contributed by atoms with van der Waals surface area (Å²) in [6.45, 7) is 3.59. The summed E-state index contributed by atoms with van der Waals surface area (Å²) in [7, 11) is 3.45. The van der Waals surface area contributed by atoms with Crippen molar-refractivity contribution in [2.45, 2.75) is 38.3 Å². The van der Waals surface area contributed by atoms with Crippen molar-refractivity contribution in [1.29, 1.82) is 0 Å². The van der Waals surface area contributed by atoms with Crippen LogP contribution < -0.4 is 15.8 Å². The molecule has 0 saturated heterocycles. The highest BCUT2D eigenvalue weighted by atomic mass is 16.5. The zero-order chi connectivity index (χ0) is 14.8. The highest BCUT2D eigenvalue weighted by molar-refractivity contribution is 5.35. The topological polar surface area (TPSA) is 56.5 Å². The van der Waals surface area contributed by atoms with Gasteiger partial charge in [-0.3, -0.25) is 0 Å². The average Bonchev–Trinajstić information content (AvgIpc) is 2.50. The van der Waals surface area contributed by atoms with E-state index in [2.05, 4.69) is 18.3 Å². The van der Waals surface area contributed by atoms with Crippen LogP contribution in [0.25, 0.3) is 0 Å². The third kappa shape index (κ3) is 5.12. The number of benzene rings is 1. The Morgan fingerprint density at radius 2 is 2.00 bits per heavy atom. The van der Waals surface area contributed by atoms with E-state index < -0.39 is 0 Å². The molecular weight excluding hydrogens is 252 g/mol. The minimum absolute atomic E-state index is 0.268. The maximum absolute atomic E-state index is 5.60. The first kappa shape index (κ1) is 17.0. The first-order chi connectivity index (χ1) is 9.76. The molecular formula is C16H28N2O2. The fraction of sp³-hybridized carbons (Fsp3) is 0.625. The van der Waals surface area contributed by atoms with Gasteiger partial charge in [0.15, 0.2) is 0 Å². The number of hydrogen-bond donors (Lipinski definition) is 2. The van der Waals surface area contributed by atoms with E-state index in [-0.39, 0.29) is 6.04 Å². The van der Waals surface area contributed by atoms with Crippen molar-refractivity contribution in [3.8, 4) is 5.75 Å². The van der Waals surface area contributed by atoms with E-state index in [1.165, 1.54) is 5.56 Å². The van der Waals surface area contributed by atoms with Crippen LogP contribution in [-0.4, -0.2) is 33.4 Å². The maximum Gasteiger partial charge on any atom is 0.123 e. The molecule has 0 heterocycles. The third-order valence-electron chi connectivity index (χ3n) is 3.48. The lowest BCUT2D eigenvalue weighted by molar-refractivity contribution is 0.154. The molecule has 0 fully saturated rings. The highest BCUT2D eigenvalue weighted by Crippen LogP contribution is 2.27. The molecule has 1 aromatic carbocycles. The van der Waals surface area contributed by atoms with E-state index in [0.29, 0.717) is 19.2 Å². The molecule has 0 saturated carbocycles. The summed E-state index contributed by atoms with van der Waals surface area (Å²) in [4.78, 5) is 0. The van der Waals surface area contributed by atoms with Crippen LogP contribution in [0.2, 0.25) is 0 Å². The molecule has 0 aliphatic rings. The SMILES string of the molecule is CCC(NC(CCCN)COC)c1ccccc1OC. The summed E-state index contributed by atoms with van der Waals surface area (Å²) in [6, 6.07) is 8.75. The summed E-state index contributed by atoms with van der Waals surface area (Å²) in [6.07, 6.45) is 3.03. The van der Waals surface area contributed by atoms with E-state index in [0.717, 1.165) is 25.0 Å². The van der Waals surface area contributed by atoms with E-state index in [4.69, 9.17) is 15.2 Å². The van der Waals surface area contributed by atoms with Crippen LogP contribution in [0.15, 0.2) is 24.3 Å². The molecule has 114 valence electrons. The number of rotatable bonds is 10. The number of methoxy groups -OCH3 is 2. The third-order valence-corrected chi connectivity index (χ3v) is 3.48. The number of para-hydroxylation sites is 1. The quantitative estimate of drug-likeness (QED) is 0.691. The van der Waals surface area contributed by atoms with Gasteiger partial charge in [-0.15, -0.1) is 0 Å². The molecule has 1 rings (SSSR count). The first-order valence-electron chi connectivity index (χ1n) is 7.34. The van der Waals surface area contributed by atoms with Gasteiger partial charge >= 0.3 is 0 Å². The van der Waals surface area contributed by atoms with Crippen LogP contribution in [0.4, 0.5) is 0 Å². The molecule has 2 atom stereocenters. The predicted octanol–water partition coefficient (Wildman–Crippen LogP) is 2.49. The van der Waals surface area contributed by atoms with Gasteiger partial charge in [0.2, 0.25) is 0 Å². The predicted molar refractivity (Wildman–Crippen MR) is 83.1 cm³/mol. The Hall–Kier alpha value is -1.10. The highest BCUT2D eigenvalue weighted by Gasteiger charge is 2.18. The van der Waals surface area contributed by atoms with E-state index >= 15 is 0 Å². The van der Waals surface area contributed by atoms with E-state index in [1.807, 2.05) is 18.2 Å². The molecule has 0 spiro atoms. The smallest absolute Gasteiger partial charge is 0.123 e. The lowest BCUT2D eigenvalue weighted by Crippen LogP contribution is -2.36. The molecule has 0 aliphatic carbocycles. The monoisotopic (exact) mass is 280 g/mol. The van der Waals surface area contributed by atoms with Gasteiger partial charge in [-0.2, -0.15) is 0 Å². The second-order valence-corrected chi connectivity index (χ2v) is 4.95.